The van der Waals surface area contributed by atoms with Crippen molar-refractivity contribution < 1.29 is 17.9 Å². The molecule has 1 amide bonds. The lowest BCUT2D eigenvalue weighted by atomic mass is 9.97. The SMILES string of the molecule is O=C(NCc1cccc(CN2CCOCC2)c1)C1CCN(S(=O)(=O)c2cccs2)CC1. The summed E-state index contributed by atoms with van der Waals surface area (Å²) in [7, 11) is -3.43. The number of hydrogen-bond acceptors (Lipinski definition) is 6. The average Bonchev–Trinajstić information content (AvgIpc) is 3.35. The Balaban J connectivity index is 1.26. The minimum Gasteiger partial charge on any atom is -0.379 e. The van der Waals surface area contributed by atoms with Gasteiger partial charge in [0.25, 0.3) is 10.0 Å². The number of ether oxygens (including phenoxy) is 1. The maximum atomic E-state index is 12.7. The normalized spacial score (nSPS) is 19.4. The molecular formula is C22H29N3O4S2. The zero-order chi connectivity index (χ0) is 21.7. The largest absolute Gasteiger partial charge is 0.379 e. The standard InChI is InChI=1S/C22H29N3O4S2/c26-22(20-6-8-25(9-7-20)31(27,28)21-5-2-14-30-21)23-16-18-3-1-4-19(15-18)17-24-10-12-29-13-11-24/h1-5,14-15,20H,6-13,16-17H2,(H,23,26). The zero-order valence-electron chi connectivity index (χ0n) is 17.5. The molecule has 2 aliphatic rings. The van der Waals surface area contributed by atoms with E-state index in [1.54, 1.807) is 17.5 Å². The first kappa shape index (κ1) is 22.4. The molecule has 31 heavy (non-hydrogen) atoms. The molecule has 1 aromatic heterocycles. The van der Waals surface area contributed by atoms with Gasteiger partial charge in [0.05, 0.1) is 13.2 Å². The molecule has 9 heteroatoms. The van der Waals surface area contributed by atoms with Crippen LogP contribution in [0.2, 0.25) is 0 Å². The molecule has 3 heterocycles. The molecule has 2 fully saturated rings. The van der Waals surface area contributed by atoms with E-state index in [1.165, 1.54) is 21.2 Å². The molecule has 1 N–H and O–H groups in total. The van der Waals surface area contributed by atoms with Gasteiger partial charge < -0.3 is 10.1 Å². The molecule has 0 atom stereocenters. The predicted molar refractivity (Wildman–Crippen MR) is 120 cm³/mol. The minimum absolute atomic E-state index is 0.00625. The van der Waals surface area contributed by atoms with Crippen molar-refractivity contribution in [3.05, 3.63) is 52.9 Å². The molecule has 0 unspecified atom stereocenters. The molecule has 2 aliphatic heterocycles. The Kier molecular flexibility index (Phi) is 7.39. The zero-order valence-corrected chi connectivity index (χ0v) is 19.2. The monoisotopic (exact) mass is 463 g/mol. The van der Waals surface area contributed by atoms with Crippen molar-refractivity contribution in [3.63, 3.8) is 0 Å². The van der Waals surface area contributed by atoms with E-state index in [4.69, 9.17) is 4.74 Å². The van der Waals surface area contributed by atoms with E-state index in [1.807, 2.05) is 12.1 Å². The second kappa shape index (κ2) is 10.2. The molecule has 0 spiro atoms. The molecule has 0 bridgehead atoms. The maximum Gasteiger partial charge on any atom is 0.252 e. The summed E-state index contributed by atoms with van der Waals surface area (Å²) in [6, 6.07) is 11.7. The van der Waals surface area contributed by atoms with Crippen molar-refractivity contribution in [2.45, 2.75) is 30.1 Å². The summed E-state index contributed by atoms with van der Waals surface area (Å²) >= 11 is 1.23. The fourth-order valence-electron chi connectivity index (χ4n) is 4.08. The van der Waals surface area contributed by atoms with Crippen LogP contribution in [0.4, 0.5) is 0 Å². The number of amides is 1. The van der Waals surface area contributed by atoms with Gasteiger partial charge in [-0.25, -0.2) is 8.42 Å². The van der Waals surface area contributed by atoms with Crippen LogP contribution in [0.25, 0.3) is 0 Å². The highest BCUT2D eigenvalue weighted by atomic mass is 32.2. The van der Waals surface area contributed by atoms with Crippen LogP contribution >= 0.6 is 11.3 Å². The lowest BCUT2D eigenvalue weighted by molar-refractivity contribution is -0.126. The number of carbonyl (C=O) groups excluding carboxylic acids is 1. The Hall–Kier alpha value is -1.78. The van der Waals surface area contributed by atoms with Gasteiger partial charge in [-0.2, -0.15) is 4.31 Å². The van der Waals surface area contributed by atoms with Gasteiger partial charge in [-0.15, -0.1) is 11.3 Å². The van der Waals surface area contributed by atoms with E-state index >= 15 is 0 Å². The van der Waals surface area contributed by atoms with E-state index in [-0.39, 0.29) is 11.8 Å². The van der Waals surface area contributed by atoms with Gasteiger partial charge in [0.1, 0.15) is 4.21 Å². The molecule has 0 saturated carbocycles. The third-order valence-electron chi connectivity index (χ3n) is 5.88. The van der Waals surface area contributed by atoms with E-state index in [0.717, 1.165) is 38.4 Å². The maximum absolute atomic E-state index is 12.7. The first-order chi connectivity index (χ1) is 15.0. The van der Waals surface area contributed by atoms with Gasteiger partial charge in [0, 0.05) is 45.2 Å². The van der Waals surface area contributed by atoms with Gasteiger partial charge in [-0.3, -0.25) is 9.69 Å². The number of morpholine rings is 1. The number of nitrogens with zero attached hydrogens (tertiary/aromatic N) is 2. The van der Waals surface area contributed by atoms with E-state index in [2.05, 4.69) is 22.3 Å². The second-order valence-electron chi connectivity index (χ2n) is 8.04. The molecule has 1 aromatic carbocycles. The Labute approximate surface area is 188 Å². The van der Waals surface area contributed by atoms with Crippen LogP contribution in [0.3, 0.4) is 0 Å². The third kappa shape index (κ3) is 5.72. The summed E-state index contributed by atoms with van der Waals surface area (Å²) in [5.74, 6) is -0.141. The fraction of sp³-hybridized carbons (Fsp3) is 0.500. The Morgan fingerprint density at radius 1 is 1.06 bits per heavy atom. The Bertz CT molecular complexity index is 964. The highest BCUT2D eigenvalue weighted by Crippen LogP contribution is 2.26. The second-order valence-corrected chi connectivity index (χ2v) is 11.1. The van der Waals surface area contributed by atoms with Gasteiger partial charge in [-0.1, -0.05) is 30.3 Å². The molecule has 168 valence electrons. The number of thiophene rings is 1. The number of benzene rings is 1. The number of nitrogens with one attached hydrogen (secondary N) is 1. The lowest BCUT2D eigenvalue weighted by Crippen LogP contribution is -2.42. The molecular weight excluding hydrogens is 434 g/mol. The Morgan fingerprint density at radius 2 is 1.81 bits per heavy atom. The molecule has 7 nitrogen and oxygen atoms in total. The highest BCUT2D eigenvalue weighted by Gasteiger charge is 2.32. The minimum atomic E-state index is -3.43. The predicted octanol–water partition coefficient (Wildman–Crippen LogP) is 2.30. The van der Waals surface area contributed by atoms with Gasteiger partial charge >= 0.3 is 0 Å². The van der Waals surface area contributed by atoms with E-state index < -0.39 is 10.0 Å². The van der Waals surface area contributed by atoms with Crippen molar-refractivity contribution in [2.75, 3.05) is 39.4 Å². The smallest absolute Gasteiger partial charge is 0.252 e. The van der Waals surface area contributed by atoms with E-state index in [9.17, 15) is 13.2 Å². The number of carbonyl (C=O) groups is 1. The van der Waals surface area contributed by atoms with Crippen LogP contribution in [0.5, 0.6) is 0 Å². The van der Waals surface area contributed by atoms with Crippen molar-refractivity contribution >= 4 is 27.3 Å². The fourth-order valence-corrected chi connectivity index (χ4v) is 6.70. The van der Waals surface area contributed by atoms with Gasteiger partial charge in [0.2, 0.25) is 5.91 Å². The van der Waals surface area contributed by atoms with Crippen molar-refractivity contribution in [1.82, 2.24) is 14.5 Å². The summed E-state index contributed by atoms with van der Waals surface area (Å²) in [6.07, 6.45) is 1.10. The number of piperidine rings is 1. The summed E-state index contributed by atoms with van der Waals surface area (Å²) in [6.45, 7) is 5.60. The highest BCUT2D eigenvalue weighted by molar-refractivity contribution is 7.91. The number of sulfonamides is 1. The molecule has 2 saturated heterocycles. The van der Waals surface area contributed by atoms with Crippen LogP contribution in [-0.4, -0.2) is 62.9 Å². The lowest BCUT2D eigenvalue weighted by Gasteiger charge is -2.30. The van der Waals surface area contributed by atoms with Crippen molar-refractivity contribution in [2.24, 2.45) is 5.92 Å². The summed E-state index contributed by atoms with van der Waals surface area (Å²) in [5.41, 5.74) is 2.32. The first-order valence-electron chi connectivity index (χ1n) is 10.7. The van der Waals surface area contributed by atoms with Crippen LogP contribution in [0.1, 0.15) is 24.0 Å². The summed E-state index contributed by atoms with van der Waals surface area (Å²) in [4.78, 5) is 15.0. The first-order valence-corrected chi connectivity index (χ1v) is 13.0. The third-order valence-corrected chi connectivity index (χ3v) is 9.15. The average molecular weight is 464 g/mol. The van der Waals surface area contributed by atoms with Crippen molar-refractivity contribution in [3.8, 4) is 0 Å². The van der Waals surface area contributed by atoms with Crippen LogP contribution in [0, 0.1) is 5.92 Å². The topological polar surface area (TPSA) is 79.0 Å². The van der Waals surface area contributed by atoms with E-state index in [0.29, 0.717) is 36.7 Å². The molecule has 0 radical (unpaired) electrons. The van der Waals surface area contributed by atoms with Crippen LogP contribution in [-0.2, 0) is 32.6 Å². The molecule has 0 aliphatic carbocycles. The molecule has 4 rings (SSSR count). The number of hydrogen-bond donors (Lipinski definition) is 1. The summed E-state index contributed by atoms with van der Waals surface area (Å²) in [5, 5.41) is 4.81. The summed E-state index contributed by atoms with van der Waals surface area (Å²) < 4.78 is 32.5. The van der Waals surface area contributed by atoms with Crippen LogP contribution in [0.15, 0.2) is 46.0 Å². The van der Waals surface area contributed by atoms with Crippen molar-refractivity contribution in [1.29, 1.82) is 0 Å². The Morgan fingerprint density at radius 3 is 2.52 bits per heavy atom. The molecule has 2 aromatic rings. The van der Waals surface area contributed by atoms with Crippen LogP contribution < -0.4 is 5.32 Å². The quantitative estimate of drug-likeness (QED) is 0.682. The number of rotatable bonds is 7. The van der Waals surface area contributed by atoms with Gasteiger partial charge in [0.15, 0.2) is 0 Å². The van der Waals surface area contributed by atoms with Gasteiger partial charge in [-0.05, 0) is 35.4 Å².